The third-order valence-electron chi connectivity index (χ3n) is 4.35. The van der Waals surface area contributed by atoms with Crippen molar-refractivity contribution < 1.29 is 74.1 Å². The molecule has 39 heavy (non-hydrogen) atoms. The minimum Gasteiger partial charge on any atom is -0.537 e. The van der Waals surface area contributed by atoms with Gasteiger partial charge in [0.25, 0.3) is 0 Å². The minimum atomic E-state index is -3.68. The molecule has 0 saturated heterocycles. The first kappa shape index (κ1) is 37.0. The van der Waals surface area contributed by atoms with Crippen LogP contribution in [0.3, 0.4) is 0 Å². The molecule has 0 spiro atoms. The molecule has 17 heteroatoms. The summed E-state index contributed by atoms with van der Waals surface area (Å²) < 4.78 is 50.3. The van der Waals surface area contributed by atoms with Crippen molar-refractivity contribution >= 4 is 31.9 Å². The number of nitrogens with one attached hydrogen (secondary N) is 2. The minimum absolute atomic E-state index is 0. The molecule has 14 nitrogen and oxygen atoms in total. The van der Waals surface area contributed by atoms with Crippen molar-refractivity contribution in [2.75, 3.05) is 52.6 Å². The van der Waals surface area contributed by atoms with Gasteiger partial charge in [-0.1, -0.05) is 36.4 Å². The number of carbonyl (C=O) groups excluding carboxylic acids is 2. The fourth-order valence-corrected chi connectivity index (χ4v) is 4.92. The number of sulfonamides is 2. The van der Waals surface area contributed by atoms with Gasteiger partial charge in [0.1, 0.15) is 20.0 Å². The Morgan fingerprint density at radius 3 is 1.10 bits per heavy atom. The van der Waals surface area contributed by atoms with Gasteiger partial charge in [-0.05, 0) is 12.1 Å². The maximum Gasteiger partial charge on any atom is 2.00 e. The van der Waals surface area contributed by atoms with Gasteiger partial charge in [-0.25, -0.2) is 16.8 Å². The summed E-state index contributed by atoms with van der Waals surface area (Å²) in [6.07, 6.45) is 0. The molecule has 2 amide bonds. The largest absolute Gasteiger partial charge is 2.00 e. The third kappa shape index (κ3) is 12.3. The van der Waals surface area contributed by atoms with Crippen LogP contribution in [0.25, 0.3) is 9.44 Å². The van der Waals surface area contributed by atoms with Crippen molar-refractivity contribution in [3.05, 3.63) is 69.1 Å². The van der Waals surface area contributed by atoms with Gasteiger partial charge in [0.2, 0.25) is 0 Å². The number of aliphatic hydroxyl groups is 4. The van der Waals surface area contributed by atoms with E-state index in [0.717, 1.165) is 0 Å². The Labute approximate surface area is 247 Å². The summed E-state index contributed by atoms with van der Waals surface area (Å²) in [5.74, 6) is -1.35. The van der Waals surface area contributed by atoms with E-state index in [-0.39, 0.29) is 74.6 Å². The normalized spacial score (nSPS) is 14.8. The predicted molar refractivity (Wildman–Crippen MR) is 137 cm³/mol. The second kappa shape index (κ2) is 19.1. The van der Waals surface area contributed by atoms with Crippen LogP contribution >= 0.6 is 0 Å². The van der Waals surface area contributed by atoms with Crippen LogP contribution in [0, 0.1) is 0 Å². The standard InChI is InChI=1S/2C7H5NO3S.2C4H11NO2.Cd/c2*9-7-5-3-1-2-4-6(5)12(10,11)8-7;2*6-3-1-5-2-4-7;/h2*1-4H,(H,8,9);2*5-7H,1-4H2;/q;;;;+2/p-2. The molecule has 0 fully saturated rings. The summed E-state index contributed by atoms with van der Waals surface area (Å²) >= 11 is 0. The molecule has 0 bridgehead atoms. The Morgan fingerprint density at radius 2 is 0.846 bits per heavy atom. The summed E-state index contributed by atoms with van der Waals surface area (Å²) in [7, 11) is -7.36. The molecule has 0 aliphatic carbocycles. The van der Waals surface area contributed by atoms with Crippen molar-refractivity contribution in [3.8, 4) is 0 Å². The van der Waals surface area contributed by atoms with Crippen LogP contribution < -0.4 is 10.6 Å². The number of hydrogen-bond acceptors (Lipinski definition) is 12. The van der Waals surface area contributed by atoms with Crippen LogP contribution in [0.2, 0.25) is 0 Å². The van der Waals surface area contributed by atoms with E-state index in [9.17, 15) is 26.4 Å². The number of aliphatic hydroxyl groups excluding tert-OH is 4. The molecule has 2 heterocycles. The van der Waals surface area contributed by atoms with E-state index in [1.807, 2.05) is 0 Å². The maximum absolute atomic E-state index is 11.1. The number of carbonyl (C=O) groups is 2. The molecule has 2 aromatic carbocycles. The molecule has 0 saturated carbocycles. The summed E-state index contributed by atoms with van der Waals surface area (Å²) in [6, 6.07) is 12.0. The number of rotatable bonds is 8. The second-order valence-corrected chi connectivity index (χ2v) is 10.3. The fraction of sp³-hybridized carbons (Fsp3) is 0.364. The molecule has 2 aliphatic heterocycles. The molecule has 0 radical (unpaired) electrons. The third-order valence-corrected chi connectivity index (χ3v) is 6.99. The number of hydrogen-bond donors (Lipinski definition) is 6. The smallest absolute Gasteiger partial charge is 0.537 e. The maximum atomic E-state index is 11.1. The van der Waals surface area contributed by atoms with Crippen LogP contribution in [0.1, 0.15) is 20.7 Å². The Balaban J connectivity index is 0.000000508. The van der Waals surface area contributed by atoms with Crippen LogP contribution in [0.5, 0.6) is 0 Å². The number of amides is 2. The summed E-state index contributed by atoms with van der Waals surface area (Å²) in [5.41, 5.74) is 0.329. The number of fused-ring (bicyclic) bond motifs is 2. The van der Waals surface area contributed by atoms with Gasteiger partial charge in [-0.15, -0.1) is 0 Å². The Hall–Kier alpha value is -2.04. The monoisotopic (exact) mass is 688 g/mol. The molecule has 4 rings (SSSR count). The Morgan fingerprint density at radius 1 is 0.564 bits per heavy atom. The van der Waals surface area contributed by atoms with Crippen LogP contribution in [-0.4, -0.2) is 102 Å². The Bertz CT molecular complexity index is 1160. The van der Waals surface area contributed by atoms with Gasteiger partial charge in [0.05, 0.1) is 48.0 Å². The van der Waals surface area contributed by atoms with E-state index in [1.54, 1.807) is 24.3 Å². The molecule has 0 atom stereocenters. The first-order valence-corrected chi connectivity index (χ1v) is 14.0. The summed E-state index contributed by atoms with van der Waals surface area (Å²) in [4.78, 5) is 21.9. The van der Waals surface area contributed by atoms with Gasteiger partial charge in [-0.2, -0.15) is 0 Å². The zero-order valence-corrected chi connectivity index (χ0v) is 26.6. The van der Waals surface area contributed by atoms with Crippen molar-refractivity contribution in [2.24, 2.45) is 0 Å². The van der Waals surface area contributed by atoms with Crippen LogP contribution in [0.4, 0.5) is 0 Å². The Kier molecular flexibility index (Phi) is 18.1. The van der Waals surface area contributed by atoms with Gasteiger partial charge in [-0.3, -0.25) is 0 Å². The van der Waals surface area contributed by atoms with E-state index < -0.39 is 31.9 Å². The van der Waals surface area contributed by atoms with Crippen molar-refractivity contribution in [1.82, 2.24) is 10.6 Å². The second-order valence-electron chi connectivity index (χ2n) is 7.13. The number of nitrogens with zero attached hydrogens (tertiary/aromatic N) is 2. The van der Waals surface area contributed by atoms with Crippen LogP contribution in [0.15, 0.2) is 58.3 Å². The average molecular weight is 687 g/mol. The molecule has 212 valence electrons. The van der Waals surface area contributed by atoms with Gasteiger partial charge in [0.15, 0.2) is 0 Å². The molecular formula is C22H30CdN4O10S2. The molecule has 0 unspecified atom stereocenters. The zero-order chi connectivity index (χ0) is 28.6. The van der Waals surface area contributed by atoms with Gasteiger partial charge < -0.3 is 50.1 Å². The van der Waals surface area contributed by atoms with E-state index in [4.69, 9.17) is 20.4 Å². The molecule has 6 N–H and O–H groups in total. The topological polar surface area (TPSA) is 236 Å². The van der Waals surface area contributed by atoms with Gasteiger partial charge >= 0.3 is 27.3 Å². The quantitative estimate of drug-likeness (QED) is 0.144. The number of benzene rings is 2. The molecule has 2 aliphatic rings. The van der Waals surface area contributed by atoms with Crippen molar-refractivity contribution in [1.29, 1.82) is 0 Å². The SMILES string of the molecule is O=C1[N-]S(=O)(=O)c2ccccc21.O=C1[N-]S(=O)(=O)c2ccccc21.OCCNCCO.OCCNCCO.[Cd+2]. The fourth-order valence-electron chi connectivity index (χ4n) is 2.72. The van der Waals surface area contributed by atoms with Crippen molar-refractivity contribution in [2.45, 2.75) is 9.79 Å². The zero-order valence-electron chi connectivity index (χ0n) is 20.9. The molecule has 2 aromatic rings. The molecule has 0 aromatic heterocycles. The van der Waals surface area contributed by atoms with Gasteiger partial charge in [0, 0.05) is 37.3 Å². The first-order chi connectivity index (χ1) is 18.1. The van der Waals surface area contributed by atoms with Crippen molar-refractivity contribution in [3.63, 3.8) is 0 Å². The first-order valence-electron chi connectivity index (χ1n) is 11.1. The predicted octanol–water partition coefficient (Wildman–Crippen LogP) is -1.08. The molecular weight excluding hydrogens is 657 g/mol. The average Bonchev–Trinajstić information content (AvgIpc) is 3.28. The van der Waals surface area contributed by atoms with E-state index in [2.05, 4.69) is 20.1 Å². The summed E-state index contributed by atoms with van der Waals surface area (Å²) in [5, 5.41) is 38.2. The van der Waals surface area contributed by atoms with E-state index >= 15 is 0 Å². The van der Waals surface area contributed by atoms with Crippen LogP contribution in [-0.2, 0) is 47.3 Å². The summed E-state index contributed by atoms with van der Waals surface area (Å²) in [6.45, 7) is 2.84. The van der Waals surface area contributed by atoms with E-state index in [0.29, 0.717) is 26.2 Å². The van der Waals surface area contributed by atoms with E-state index in [1.165, 1.54) is 24.3 Å².